The predicted octanol–water partition coefficient (Wildman–Crippen LogP) is 3.29. The van der Waals surface area contributed by atoms with Crippen molar-refractivity contribution in [1.82, 2.24) is 0 Å². The van der Waals surface area contributed by atoms with Crippen LogP contribution in [0.1, 0.15) is 11.1 Å². The van der Waals surface area contributed by atoms with Crippen molar-refractivity contribution in [3.63, 3.8) is 0 Å². The number of ether oxygens (including phenoxy) is 1. The first-order valence-electron chi connectivity index (χ1n) is 5.46. The number of hydrogen-bond donors (Lipinski definition) is 2. The highest BCUT2D eigenvalue weighted by Gasteiger charge is 2.00. The molecule has 0 saturated heterocycles. The van der Waals surface area contributed by atoms with Gasteiger partial charge in [0.05, 0.1) is 18.5 Å². The Hall–Kier alpha value is -1.58. The predicted molar refractivity (Wildman–Crippen MR) is 85.6 cm³/mol. The quantitative estimate of drug-likeness (QED) is 0.855. The highest BCUT2D eigenvalue weighted by Crippen LogP contribution is 2.19. The molecule has 4 N–H and O–H groups in total. The Morgan fingerprint density at radius 3 is 1.95 bits per heavy atom. The maximum atomic E-state index is 5.77. The molecule has 0 aromatic heterocycles. The lowest BCUT2D eigenvalue weighted by molar-refractivity contribution is 0.414. The Morgan fingerprint density at radius 2 is 1.42 bits per heavy atom. The Morgan fingerprint density at radius 1 is 0.842 bits per heavy atom. The average molecular weight is 301 g/mol. The zero-order chi connectivity index (χ0) is 12.3. The third-order valence-corrected chi connectivity index (χ3v) is 2.72. The third kappa shape index (κ3) is 4.54. The lowest BCUT2D eigenvalue weighted by Crippen LogP contribution is -1.96. The van der Waals surface area contributed by atoms with Crippen LogP contribution < -0.4 is 16.2 Å². The Labute approximate surface area is 125 Å². The number of hydrogen-bond acceptors (Lipinski definition) is 3. The molecule has 2 aromatic carbocycles. The summed E-state index contributed by atoms with van der Waals surface area (Å²) < 4.78 is 5.12. The van der Waals surface area contributed by atoms with Gasteiger partial charge in [-0.1, -0.05) is 18.2 Å². The second kappa shape index (κ2) is 7.77. The SMILES string of the molecule is COc1ccc(Cc2ccc(N)c(N)c2)cc1.Cl.Cl. The van der Waals surface area contributed by atoms with Crippen LogP contribution in [0.25, 0.3) is 0 Å². The maximum Gasteiger partial charge on any atom is 0.118 e. The van der Waals surface area contributed by atoms with Crippen molar-refractivity contribution in [2.45, 2.75) is 6.42 Å². The first-order valence-corrected chi connectivity index (χ1v) is 5.46. The van der Waals surface area contributed by atoms with Crippen LogP contribution in [-0.4, -0.2) is 7.11 Å². The van der Waals surface area contributed by atoms with Gasteiger partial charge in [-0.25, -0.2) is 0 Å². The molecule has 0 aliphatic heterocycles. The summed E-state index contributed by atoms with van der Waals surface area (Å²) in [5.41, 5.74) is 15.1. The molecule has 0 bridgehead atoms. The van der Waals surface area contributed by atoms with Gasteiger partial charge < -0.3 is 16.2 Å². The van der Waals surface area contributed by atoms with E-state index < -0.39 is 0 Å². The normalized spacial score (nSPS) is 9.11. The Balaban J connectivity index is 0.00000162. The van der Waals surface area contributed by atoms with E-state index in [2.05, 4.69) is 0 Å². The van der Waals surface area contributed by atoms with E-state index in [0.717, 1.165) is 17.7 Å². The fraction of sp³-hybridized carbons (Fsp3) is 0.143. The van der Waals surface area contributed by atoms with E-state index in [-0.39, 0.29) is 24.8 Å². The second-order valence-electron chi connectivity index (χ2n) is 3.99. The van der Waals surface area contributed by atoms with E-state index in [1.807, 2.05) is 42.5 Å². The number of nitrogen functional groups attached to an aromatic ring is 2. The van der Waals surface area contributed by atoms with E-state index in [0.29, 0.717) is 11.4 Å². The molecule has 0 amide bonds. The van der Waals surface area contributed by atoms with E-state index in [4.69, 9.17) is 16.2 Å². The average Bonchev–Trinajstić information content (AvgIpc) is 2.35. The summed E-state index contributed by atoms with van der Waals surface area (Å²) >= 11 is 0. The summed E-state index contributed by atoms with van der Waals surface area (Å²) in [5, 5.41) is 0. The van der Waals surface area contributed by atoms with Crippen molar-refractivity contribution in [3.05, 3.63) is 53.6 Å². The number of rotatable bonds is 3. The molecule has 2 rings (SSSR count). The van der Waals surface area contributed by atoms with Crippen LogP contribution in [0.4, 0.5) is 11.4 Å². The van der Waals surface area contributed by atoms with E-state index in [9.17, 15) is 0 Å². The van der Waals surface area contributed by atoms with Gasteiger partial charge >= 0.3 is 0 Å². The minimum absolute atomic E-state index is 0. The van der Waals surface area contributed by atoms with Crippen molar-refractivity contribution in [2.24, 2.45) is 0 Å². The van der Waals surface area contributed by atoms with Crippen molar-refractivity contribution in [1.29, 1.82) is 0 Å². The fourth-order valence-electron chi connectivity index (χ4n) is 1.71. The second-order valence-corrected chi connectivity index (χ2v) is 3.99. The molecule has 0 atom stereocenters. The molecule has 3 nitrogen and oxygen atoms in total. The van der Waals surface area contributed by atoms with E-state index in [1.54, 1.807) is 7.11 Å². The Bertz CT molecular complexity index is 515. The van der Waals surface area contributed by atoms with Gasteiger partial charge in [-0.2, -0.15) is 0 Å². The fourth-order valence-corrected chi connectivity index (χ4v) is 1.71. The van der Waals surface area contributed by atoms with Gasteiger partial charge in [0.25, 0.3) is 0 Å². The monoisotopic (exact) mass is 300 g/mol. The highest BCUT2D eigenvalue weighted by molar-refractivity contribution is 5.85. The molecule has 0 fully saturated rings. The molecule has 0 unspecified atom stereocenters. The molecule has 0 radical (unpaired) electrons. The lowest BCUT2D eigenvalue weighted by atomic mass is 10.0. The minimum Gasteiger partial charge on any atom is -0.497 e. The maximum absolute atomic E-state index is 5.77. The molecular formula is C14H18Cl2N2O. The smallest absolute Gasteiger partial charge is 0.118 e. The van der Waals surface area contributed by atoms with E-state index in [1.165, 1.54) is 5.56 Å². The zero-order valence-electron chi connectivity index (χ0n) is 10.6. The zero-order valence-corrected chi connectivity index (χ0v) is 12.3. The first kappa shape index (κ1) is 17.4. The molecule has 0 aliphatic rings. The first-order chi connectivity index (χ1) is 8.19. The molecule has 0 spiro atoms. The molecule has 104 valence electrons. The van der Waals surface area contributed by atoms with Crippen LogP contribution in [0, 0.1) is 0 Å². The summed E-state index contributed by atoms with van der Waals surface area (Å²) in [6, 6.07) is 13.8. The molecule has 5 heteroatoms. The van der Waals surface area contributed by atoms with Gasteiger partial charge in [-0.05, 0) is 41.8 Å². The summed E-state index contributed by atoms with van der Waals surface area (Å²) in [7, 11) is 1.66. The van der Waals surface area contributed by atoms with Crippen molar-refractivity contribution in [3.8, 4) is 5.75 Å². The van der Waals surface area contributed by atoms with Crippen LogP contribution in [0.3, 0.4) is 0 Å². The van der Waals surface area contributed by atoms with E-state index >= 15 is 0 Å². The number of nitrogens with two attached hydrogens (primary N) is 2. The van der Waals surface area contributed by atoms with Crippen LogP contribution in [0.15, 0.2) is 42.5 Å². The standard InChI is InChI=1S/C14H16N2O.2ClH/c1-17-12-5-2-10(3-6-12)8-11-4-7-13(15)14(16)9-11;;/h2-7,9H,8,15-16H2,1H3;2*1H. The van der Waals surface area contributed by atoms with Crippen LogP contribution in [0.2, 0.25) is 0 Å². The summed E-state index contributed by atoms with van der Waals surface area (Å²) in [5.74, 6) is 0.866. The topological polar surface area (TPSA) is 61.3 Å². The highest BCUT2D eigenvalue weighted by atomic mass is 35.5. The summed E-state index contributed by atoms with van der Waals surface area (Å²) in [4.78, 5) is 0. The minimum atomic E-state index is 0. The number of benzene rings is 2. The largest absolute Gasteiger partial charge is 0.497 e. The van der Waals surface area contributed by atoms with Crippen LogP contribution >= 0.6 is 24.8 Å². The Kier molecular flexibility index (Phi) is 7.12. The number of methoxy groups -OCH3 is 1. The molecule has 0 aliphatic carbocycles. The molecular weight excluding hydrogens is 283 g/mol. The van der Waals surface area contributed by atoms with Gasteiger partial charge in [0, 0.05) is 0 Å². The third-order valence-electron chi connectivity index (χ3n) is 2.72. The van der Waals surface area contributed by atoms with Gasteiger partial charge in [-0.15, -0.1) is 24.8 Å². The number of halogens is 2. The summed E-state index contributed by atoms with van der Waals surface area (Å²) in [6.07, 6.45) is 0.842. The van der Waals surface area contributed by atoms with Crippen molar-refractivity contribution in [2.75, 3.05) is 18.6 Å². The van der Waals surface area contributed by atoms with Crippen molar-refractivity contribution >= 4 is 36.2 Å². The van der Waals surface area contributed by atoms with Gasteiger partial charge in [0.15, 0.2) is 0 Å². The van der Waals surface area contributed by atoms with Crippen LogP contribution in [-0.2, 0) is 6.42 Å². The van der Waals surface area contributed by atoms with Gasteiger partial charge in [0.2, 0.25) is 0 Å². The molecule has 2 aromatic rings. The molecule has 0 saturated carbocycles. The van der Waals surface area contributed by atoms with Crippen LogP contribution in [0.5, 0.6) is 5.75 Å². The van der Waals surface area contributed by atoms with Gasteiger partial charge in [-0.3, -0.25) is 0 Å². The molecule has 19 heavy (non-hydrogen) atoms. The lowest BCUT2D eigenvalue weighted by Gasteiger charge is -2.06. The van der Waals surface area contributed by atoms with Gasteiger partial charge in [0.1, 0.15) is 5.75 Å². The molecule has 0 heterocycles. The van der Waals surface area contributed by atoms with Crippen molar-refractivity contribution < 1.29 is 4.74 Å². The number of anilines is 2. The summed E-state index contributed by atoms with van der Waals surface area (Å²) in [6.45, 7) is 0.